The fourth-order valence-electron chi connectivity index (χ4n) is 1.42. The molecule has 4 N–H and O–H groups in total. The Balaban J connectivity index is 1.99. The zero-order chi connectivity index (χ0) is 13.8. The molecule has 0 unspecified atom stereocenters. The van der Waals surface area contributed by atoms with Crippen LogP contribution in [0.5, 0.6) is 0 Å². The first-order valence-corrected chi connectivity index (χ1v) is 8.10. The molecule has 0 saturated carbocycles. The van der Waals surface area contributed by atoms with Gasteiger partial charge in [0.2, 0.25) is 0 Å². The van der Waals surface area contributed by atoms with Gasteiger partial charge in [-0.1, -0.05) is 11.3 Å². The van der Waals surface area contributed by atoms with Crippen molar-refractivity contribution in [1.29, 1.82) is 0 Å². The van der Waals surface area contributed by atoms with E-state index in [0.717, 1.165) is 15.9 Å². The first-order valence-electron chi connectivity index (χ1n) is 5.61. The predicted octanol–water partition coefficient (Wildman–Crippen LogP) is 2.91. The topological polar surface area (TPSA) is 80.0 Å². The molecule has 0 atom stereocenters. The van der Waals surface area contributed by atoms with Crippen LogP contribution < -0.4 is 16.4 Å². The molecule has 5 nitrogen and oxygen atoms in total. The number of hydrogen-bond donors (Lipinski definition) is 3. The maximum absolute atomic E-state index is 12.0. The van der Waals surface area contributed by atoms with Crippen LogP contribution in [0.15, 0.2) is 15.9 Å². The summed E-state index contributed by atoms with van der Waals surface area (Å²) in [5.41, 5.74) is 5.74. The minimum atomic E-state index is -0.191. The van der Waals surface area contributed by atoms with Crippen LogP contribution in [0.4, 0.5) is 10.9 Å². The summed E-state index contributed by atoms with van der Waals surface area (Å²) in [6, 6.07) is 1.98. The number of nitrogens with one attached hydrogen (secondary N) is 2. The van der Waals surface area contributed by atoms with Gasteiger partial charge in [-0.15, -0.1) is 11.3 Å². The number of thiophene rings is 1. The van der Waals surface area contributed by atoms with Crippen molar-refractivity contribution in [3.8, 4) is 0 Å². The van der Waals surface area contributed by atoms with E-state index in [9.17, 15) is 4.79 Å². The van der Waals surface area contributed by atoms with E-state index in [0.29, 0.717) is 16.6 Å². The molecule has 0 spiro atoms. The Hall–Kier alpha value is -1.12. The average molecular weight is 361 g/mol. The Morgan fingerprint density at radius 3 is 3.00 bits per heavy atom. The molecule has 102 valence electrons. The summed E-state index contributed by atoms with van der Waals surface area (Å²) in [6.07, 6.45) is 0. The Kier molecular flexibility index (Phi) is 4.78. The summed E-state index contributed by atoms with van der Waals surface area (Å²) in [7, 11) is 0. The van der Waals surface area contributed by atoms with Crippen molar-refractivity contribution in [2.45, 2.75) is 13.5 Å². The second kappa shape index (κ2) is 6.36. The van der Waals surface area contributed by atoms with Gasteiger partial charge in [-0.05, 0) is 28.9 Å². The quantitative estimate of drug-likeness (QED) is 0.765. The molecule has 0 bridgehead atoms. The molecule has 0 fully saturated rings. The fourth-order valence-corrected chi connectivity index (χ4v) is 3.68. The first-order chi connectivity index (χ1) is 9.10. The molecular formula is C11H13BrN4OS2. The van der Waals surface area contributed by atoms with E-state index in [1.54, 1.807) is 11.3 Å². The van der Waals surface area contributed by atoms with E-state index >= 15 is 0 Å². The number of nitrogens with two attached hydrogens (primary N) is 1. The fraction of sp³-hybridized carbons (Fsp3) is 0.273. The summed E-state index contributed by atoms with van der Waals surface area (Å²) in [4.78, 5) is 17.6. The number of nitrogens with zero attached hydrogens (tertiary/aromatic N) is 1. The lowest BCUT2D eigenvalue weighted by molar-refractivity contribution is 0.0956. The van der Waals surface area contributed by atoms with Crippen LogP contribution in [-0.4, -0.2) is 17.4 Å². The van der Waals surface area contributed by atoms with Gasteiger partial charge in [0.15, 0.2) is 5.13 Å². The third-order valence-electron chi connectivity index (χ3n) is 2.23. The SMILES string of the molecule is CCNc1nc(N)c(C(=O)NCc2cc(Br)cs2)s1. The number of halogens is 1. The van der Waals surface area contributed by atoms with Crippen LogP contribution in [0.2, 0.25) is 0 Å². The molecule has 1 amide bonds. The highest BCUT2D eigenvalue weighted by Gasteiger charge is 2.15. The maximum atomic E-state index is 12.0. The number of thiazole rings is 1. The predicted molar refractivity (Wildman–Crippen MR) is 83.9 cm³/mol. The maximum Gasteiger partial charge on any atom is 0.265 e. The number of anilines is 2. The van der Waals surface area contributed by atoms with Crippen molar-refractivity contribution in [1.82, 2.24) is 10.3 Å². The van der Waals surface area contributed by atoms with Crippen molar-refractivity contribution in [2.24, 2.45) is 0 Å². The lowest BCUT2D eigenvalue weighted by Crippen LogP contribution is -2.22. The van der Waals surface area contributed by atoms with Crippen molar-refractivity contribution >= 4 is 55.5 Å². The Bertz CT molecular complexity index is 581. The number of hydrogen-bond acceptors (Lipinski definition) is 6. The largest absolute Gasteiger partial charge is 0.382 e. The number of nitrogen functional groups attached to an aromatic ring is 1. The van der Waals surface area contributed by atoms with Gasteiger partial charge in [-0.2, -0.15) is 0 Å². The molecule has 0 aromatic carbocycles. The van der Waals surface area contributed by atoms with Gasteiger partial charge in [0, 0.05) is 21.3 Å². The van der Waals surface area contributed by atoms with Crippen molar-refractivity contribution in [2.75, 3.05) is 17.6 Å². The van der Waals surface area contributed by atoms with E-state index in [1.165, 1.54) is 11.3 Å². The van der Waals surface area contributed by atoms with Crippen molar-refractivity contribution in [3.05, 3.63) is 25.7 Å². The van der Waals surface area contributed by atoms with Crippen molar-refractivity contribution in [3.63, 3.8) is 0 Å². The highest BCUT2D eigenvalue weighted by atomic mass is 79.9. The lowest BCUT2D eigenvalue weighted by atomic mass is 10.4. The summed E-state index contributed by atoms with van der Waals surface area (Å²) in [6.45, 7) is 3.20. The third kappa shape index (κ3) is 3.68. The molecule has 0 aliphatic rings. The molecule has 19 heavy (non-hydrogen) atoms. The molecule has 0 radical (unpaired) electrons. The number of amides is 1. The normalized spacial score (nSPS) is 10.4. The molecular weight excluding hydrogens is 348 g/mol. The summed E-state index contributed by atoms with van der Waals surface area (Å²) < 4.78 is 1.02. The molecule has 2 heterocycles. The average Bonchev–Trinajstić information content (AvgIpc) is 2.93. The van der Waals surface area contributed by atoms with E-state index in [-0.39, 0.29) is 11.7 Å². The van der Waals surface area contributed by atoms with Gasteiger partial charge in [0.1, 0.15) is 10.7 Å². The van der Waals surface area contributed by atoms with E-state index in [1.807, 2.05) is 18.4 Å². The van der Waals surface area contributed by atoms with E-state index < -0.39 is 0 Å². The van der Waals surface area contributed by atoms with Gasteiger partial charge in [0.05, 0.1) is 6.54 Å². The zero-order valence-corrected chi connectivity index (χ0v) is 13.4. The summed E-state index contributed by atoms with van der Waals surface area (Å²) in [5, 5.41) is 8.53. The van der Waals surface area contributed by atoms with E-state index in [2.05, 4.69) is 31.5 Å². The highest BCUT2D eigenvalue weighted by molar-refractivity contribution is 9.10. The van der Waals surface area contributed by atoms with E-state index in [4.69, 9.17) is 5.73 Å². The third-order valence-corrected chi connectivity index (χ3v) is 4.96. The van der Waals surface area contributed by atoms with Crippen LogP contribution in [0.3, 0.4) is 0 Å². The summed E-state index contributed by atoms with van der Waals surface area (Å²) in [5.74, 6) is 0.0782. The molecule has 2 aromatic heterocycles. The minimum absolute atomic E-state index is 0.191. The van der Waals surface area contributed by atoms with Gasteiger partial charge < -0.3 is 16.4 Å². The molecule has 2 aromatic rings. The molecule has 0 saturated heterocycles. The Morgan fingerprint density at radius 2 is 2.37 bits per heavy atom. The zero-order valence-electron chi connectivity index (χ0n) is 10.2. The minimum Gasteiger partial charge on any atom is -0.382 e. The van der Waals surface area contributed by atoms with Crippen molar-refractivity contribution < 1.29 is 4.79 Å². The van der Waals surface area contributed by atoms with Crippen LogP contribution in [0, 0.1) is 0 Å². The first kappa shape index (κ1) is 14.3. The lowest BCUT2D eigenvalue weighted by Gasteiger charge is -2.01. The second-order valence-electron chi connectivity index (χ2n) is 3.68. The molecule has 2 rings (SSSR count). The molecule has 0 aliphatic heterocycles. The number of rotatable bonds is 5. The van der Waals surface area contributed by atoms with Crippen LogP contribution in [0.1, 0.15) is 21.5 Å². The standard InChI is InChI=1S/C11H13BrN4OS2/c1-2-14-11-16-9(13)8(19-11)10(17)15-4-7-3-6(12)5-18-7/h3,5H,2,4,13H2,1H3,(H,14,16)(H,15,17). The van der Waals surface area contributed by atoms with Gasteiger partial charge in [-0.25, -0.2) is 4.98 Å². The van der Waals surface area contributed by atoms with Gasteiger partial charge >= 0.3 is 0 Å². The smallest absolute Gasteiger partial charge is 0.265 e. The number of carbonyl (C=O) groups excluding carboxylic acids is 1. The molecule has 8 heteroatoms. The Morgan fingerprint density at radius 1 is 1.58 bits per heavy atom. The second-order valence-corrected chi connectivity index (χ2v) is 6.59. The Labute approximate surface area is 127 Å². The summed E-state index contributed by atoms with van der Waals surface area (Å²) >= 11 is 6.23. The highest BCUT2D eigenvalue weighted by Crippen LogP contribution is 2.25. The molecule has 0 aliphatic carbocycles. The van der Waals surface area contributed by atoms with Gasteiger partial charge in [-0.3, -0.25) is 4.79 Å². The monoisotopic (exact) mass is 360 g/mol. The number of carbonyl (C=O) groups is 1. The van der Waals surface area contributed by atoms with Crippen LogP contribution >= 0.6 is 38.6 Å². The van der Waals surface area contributed by atoms with Crippen LogP contribution in [0.25, 0.3) is 0 Å². The van der Waals surface area contributed by atoms with Crippen LogP contribution in [-0.2, 0) is 6.54 Å². The number of aromatic nitrogens is 1. The van der Waals surface area contributed by atoms with Gasteiger partial charge in [0.25, 0.3) is 5.91 Å².